The number of aliphatic hydroxyl groups excluding tert-OH is 2. The highest BCUT2D eigenvalue weighted by molar-refractivity contribution is 5.75. The van der Waals surface area contributed by atoms with E-state index in [1.165, 1.54) is 168 Å². The van der Waals surface area contributed by atoms with Gasteiger partial charge < -0.3 is 40.7 Å². The fraction of sp³-hybridized carbons (Fsp3) is 0.432. The minimum Gasteiger partial charge on any atom is -0.516 e. The van der Waals surface area contributed by atoms with Gasteiger partial charge in [0.15, 0.2) is 11.6 Å². The molecule has 0 aliphatic heterocycles. The largest absolute Gasteiger partial charge is 0.516 e. The third-order valence-corrected chi connectivity index (χ3v) is 25.2. The van der Waals surface area contributed by atoms with Crippen LogP contribution in [0.15, 0.2) is 231 Å². The van der Waals surface area contributed by atoms with Gasteiger partial charge in [-0.1, -0.05) is 270 Å². The summed E-state index contributed by atoms with van der Waals surface area (Å²) in [6.45, 7) is 13.3. The van der Waals surface area contributed by atoms with E-state index >= 15 is 0 Å². The van der Waals surface area contributed by atoms with Gasteiger partial charge in [-0.25, -0.2) is 13.2 Å². The summed E-state index contributed by atoms with van der Waals surface area (Å²) < 4.78 is 67.7. The number of phenols is 3. The molecule has 0 bridgehead atoms. The highest BCUT2D eigenvalue weighted by Gasteiger charge is 2.32. The minimum absolute atomic E-state index is 0.0200. The number of aliphatic hydroxyl groups is 2. The van der Waals surface area contributed by atoms with E-state index in [4.69, 9.17) is 20.3 Å². The maximum absolute atomic E-state index is 14.5. The van der Waals surface area contributed by atoms with Crippen molar-refractivity contribution in [1.82, 2.24) is 0 Å². The number of carbonyl (C=O) groups excluding carboxylic acids is 1. The zero-order valence-corrected chi connectivity index (χ0v) is 74.6. The van der Waals surface area contributed by atoms with Crippen LogP contribution < -0.4 is 10.5 Å². The molecule has 10 aromatic carbocycles. The fourth-order valence-corrected chi connectivity index (χ4v) is 17.8. The van der Waals surface area contributed by atoms with Crippen molar-refractivity contribution in [3.05, 3.63) is 271 Å². The molecule has 4 fully saturated rings. The molecule has 0 heterocycles. The molecule has 0 aromatic heterocycles. The van der Waals surface area contributed by atoms with Crippen molar-refractivity contribution in [2.45, 2.75) is 266 Å². The number of ether oxygens (including phenoxy) is 2. The predicted molar refractivity (Wildman–Crippen MR) is 505 cm³/mol. The molecule has 124 heavy (non-hydrogen) atoms. The Morgan fingerprint density at radius 2 is 0.766 bits per heavy atom. The number of aryl methyl sites for hydroxylation is 3. The summed E-state index contributed by atoms with van der Waals surface area (Å²) in [6, 6.07) is 65.9. The number of phenolic OH excluding ortho intramolecular Hbond substituents is 3. The van der Waals surface area contributed by atoms with Crippen LogP contribution in [0.3, 0.4) is 0 Å². The minimum atomic E-state index is -0.987. The standard InChI is InChI=1S/C21H20FN.C21H19FO.C21H36O3.C17H32O.C16H18O.C15H14F2O2/c2*1-2-3-15-4-6-16(7-5-15)18-10-13-20(21(22)14-18)17-8-11-19(23)12-9-17;1-2-6-17-10-14-20(15-11-17)24-21(23)19-12-8-18(9-13-19)7-4-3-5-16-22;1-2-3-4-5-14-6-8-15(9-7-14)16-10-12-17(18)13-11-16;1-2-3-4-13-5-7-14(8-6-13)15-9-11-16(17)12-10-15;1-2-9-19-13-8-7-12(14(16)15(13)17)10-3-5-11(18)6-4-10/h4-14H,2-3,23H2,1H3;4-14,23H,2-3H2,1H3;5,16-20,22H,2-4,6-15H2,1H3;14-18H,2-13H2,1H3;5-12,17H,2-4H2,1H3;3-8,18H,2,9H2,1H3/b;;16-5-;;;. The van der Waals surface area contributed by atoms with Crippen LogP contribution in [0.4, 0.5) is 23.2 Å². The van der Waals surface area contributed by atoms with Crippen LogP contribution in [0.25, 0.3) is 66.8 Å². The Bertz CT molecular complexity index is 4550. The van der Waals surface area contributed by atoms with Crippen molar-refractivity contribution in [2.75, 3.05) is 12.3 Å². The molecular formula is C111H139F4NO8. The summed E-state index contributed by atoms with van der Waals surface area (Å²) in [5.74, 6) is 2.91. The number of rotatable bonds is 29. The molecule has 0 saturated heterocycles. The van der Waals surface area contributed by atoms with Crippen LogP contribution in [0.1, 0.15) is 251 Å². The van der Waals surface area contributed by atoms with E-state index in [0.29, 0.717) is 34.7 Å². The van der Waals surface area contributed by atoms with E-state index in [1.807, 2.05) is 67.6 Å². The Kier molecular flexibility index (Phi) is 42.0. The van der Waals surface area contributed by atoms with Crippen LogP contribution in [0.5, 0.6) is 23.0 Å². The van der Waals surface area contributed by atoms with Crippen molar-refractivity contribution in [3.63, 3.8) is 0 Å². The van der Waals surface area contributed by atoms with Crippen LogP contribution in [-0.4, -0.2) is 50.3 Å². The van der Waals surface area contributed by atoms with Crippen LogP contribution in [-0.2, 0) is 28.8 Å². The number of hydrogen-bond donors (Lipinski definition) is 6. The number of aromatic hydroxyl groups is 3. The average Bonchev–Trinajstić information content (AvgIpc) is 0.823. The first-order valence-corrected chi connectivity index (χ1v) is 46.7. The molecule has 4 aliphatic carbocycles. The van der Waals surface area contributed by atoms with Crippen molar-refractivity contribution < 1.29 is 57.4 Å². The van der Waals surface area contributed by atoms with Crippen molar-refractivity contribution in [3.8, 4) is 89.8 Å². The fourth-order valence-electron chi connectivity index (χ4n) is 17.8. The number of unbranched alkanes of at least 4 members (excludes halogenated alkanes) is 4. The molecule has 9 nitrogen and oxygen atoms in total. The van der Waals surface area contributed by atoms with Crippen LogP contribution >= 0.6 is 0 Å². The second-order valence-electron chi connectivity index (χ2n) is 34.7. The van der Waals surface area contributed by atoms with Gasteiger partial charge in [-0.3, -0.25) is 4.79 Å². The number of allylic oxidation sites excluding steroid dienone is 1. The van der Waals surface area contributed by atoms with Gasteiger partial charge in [0.1, 0.15) is 35.0 Å². The van der Waals surface area contributed by atoms with Gasteiger partial charge in [-0.2, -0.15) is 4.39 Å². The lowest BCUT2D eigenvalue weighted by Crippen LogP contribution is -2.30. The molecule has 0 radical (unpaired) electrons. The Labute approximate surface area is 738 Å². The number of anilines is 1. The Balaban J connectivity index is 0.000000169. The lowest BCUT2D eigenvalue weighted by molar-refractivity contribution is -0.157. The topological polar surface area (TPSA) is 163 Å². The van der Waals surface area contributed by atoms with E-state index in [1.54, 1.807) is 66.7 Å². The van der Waals surface area contributed by atoms with Gasteiger partial charge in [-0.05, 0) is 304 Å². The summed E-state index contributed by atoms with van der Waals surface area (Å²) in [5, 5.41) is 46.0. The maximum atomic E-state index is 14.5. The average molecular weight is 1690 g/mol. The molecule has 10 aromatic rings. The van der Waals surface area contributed by atoms with Gasteiger partial charge in [0.2, 0.25) is 5.82 Å². The summed E-state index contributed by atoms with van der Waals surface area (Å²) in [7, 11) is 0. The van der Waals surface area contributed by atoms with Gasteiger partial charge in [0.05, 0.1) is 24.9 Å². The van der Waals surface area contributed by atoms with Gasteiger partial charge in [0.25, 0.3) is 0 Å². The summed E-state index contributed by atoms with van der Waals surface area (Å²) in [5.41, 5.74) is 19.9. The van der Waals surface area contributed by atoms with Crippen LogP contribution in [0, 0.1) is 58.8 Å². The van der Waals surface area contributed by atoms with Gasteiger partial charge in [-0.15, -0.1) is 0 Å². The second kappa shape index (κ2) is 53.3. The zero-order chi connectivity index (χ0) is 88.4. The highest BCUT2D eigenvalue weighted by atomic mass is 19.2. The molecule has 7 N–H and O–H groups in total. The smallest absolute Gasteiger partial charge is 0.309 e. The monoisotopic (exact) mass is 1690 g/mol. The third kappa shape index (κ3) is 32.1. The molecule has 0 spiro atoms. The Hall–Kier alpha value is -10.1. The number of halogens is 4. The summed E-state index contributed by atoms with van der Waals surface area (Å²) in [4.78, 5) is 12.4. The SMILES string of the molecule is CCCC1CCC(OC(=O)C2CCC(CCC/C=C\O)CC2)CC1.CCCCCC1CCC(C2CCC(O)CC2)CC1.CCCCc1ccc(-c2ccc(O)cc2)cc1.CCCOc1ccc(-c2ccc(O)cc2)c(F)c1F.CCCc1ccc(-c2ccc(-c3ccc(N)cc3)c(F)c2)cc1.CCCc1ccc(-c2ccc(-c3ccc(O)cc3)c(F)c2)cc1. The first kappa shape index (κ1) is 97.7. The highest BCUT2D eigenvalue weighted by Crippen LogP contribution is 2.43. The first-order valence-electron chi connectivity index (χ1n) is 46.7. The number of carbonyl (C=O) groups is 1. The summed E-state index contributed by atoms with van der Waals surface area (Å²) in [6.07, 6.45) is 43.2. The van der Waals surface area contributed by atoms with Crippen molar-refractivity contribution in [1.29, 1.82) is 0 Å². The predicted octanol–water partition coefficient (Wildman–Crippen LogP) is 30.9. The van der Waals surface area contributed by atoms with E-state index in [2.05, 4.69) is 95.3 Å². The number of hydrogen-bond acceptors (Lipinski definition) is 9. The summed E-state index contributed by atoms with van der Waals surface area (Å²) >= 11 is 0. The molecule has 4 saturated carbocycles. The number of nitrogen functional groups attached to an aromatic ring is 1. The number of nitrogens with two attached hydrogens (primary N) is 1. The Morgan fingerprint density at radius 1 is 0.379 bits per heavy atom. The lowest BCUT2D eigenvalue weighted by Gasteiger charge is -2.37. The number of esters is 1. The lowest BCUT2D eigenvalue weighted by atomic mass is 9.70. The second-order valence-corrected chi connectivity index (χ2v) is 34.7. The zero-order valence-electron chi connectivity index (χ0n) is 74.6. The van der Waals surface area contributed by atoms with E-state index in [-0.39, 0.29) is 58.5 Å². The van der Waals surface area contributed by atoms with Crippen molar-refractivity contribution >= 4 is 11.7 Å². The Morgan fingerprint density at radius 3 is 1.21 bits per heavy atom. The number of benzene rings is 10. The normalized spacial score (nSPS) is 18.5. The first-order chi connectivity index (χ1) is 60.3. The van der Waals surface area contributed by atoms with Crippen LogP contribution in [0.2, 0.25) is 0 Å². The molecule has 14 rings (SSSR count). The van der Waals surface area contributed by atoms with E-state index < -0.39 is 11.6 Å². The molecule has 4 aliphatic rings. The molecule has 0 atom stereocenters. The molecule has 0 amide bonds. The molecule has 13 heteroatoms. The van der Waals surface area contributed by atoms with E-state index in [9.17, 15) is 42.8 Å². The quantitative estimate of drug-likeness (QED) is 0.00881. The third-order valence-electron chi connectivity index (χ3n) is 25.2. The maximum Gasteiger partial charge on any atom is 0.309 e. The van der Waals surface area contributed by atoms with E-state index in [0.717, 1.165) is 178 Å². The molecular weight excluding hydrogens is 1550 g/mol. The molecule has 0 unspecified atom stereocenters. The molecule has 664 valence electrons. The van der Waals surface area contributed by atoms with Gasteiger partial charge in [0, 0.05) is 22.4 Å². The van der Waals surface area contributed by atoms with Gasteiger partial charge >= 0.3 is 5.97 Å². The van der Waals surface area contributed by atoms with Crippen molar-refractivity contribution in [2.24, 2.45) is 35.5 Å².